The van der Waals surface area contributed by atoms with Crippen LogP contribution in [0.2, 0.25) is 0 Å². The first-order valence-electron chi connectivity index (χ1n) is 7.99. The van der Waals surface area contributed by atoms with Crippen molar-refractivity contribution in [3.05, 3.63) is 0 Å². The Balaban J connectivity index is 2.14. The van der Waals surface area contributed by atoms with Gasteiger partial charge in [-0.1, -0.05) is 33.1 Å². The second kappa shape index (κ2) is 6.57. The molecule has 4 atom stereocenters. The summed E-state index contributed by atoms with van der Waals surface area (Å²) in [5.41, 5.74) is 0. The fraction of sp³-hybridized carbons (Fsp3) is 1.00. The molecule has 1 saturated heterocycles. The molecule has 2 fully saturated rings. The van der Waals surface area contributed by atoms with E-state index in [-0.39, 0.29) is 11.3 Å². The van der Waals surface area contributed by atoms with Crippen molar-refractivity contribution >= 4 is 9.84 Å². The Morgan fingerprint density at radius 3 is 2.58 bits per heavy atom. The zero-order valence-electron chi connectivity index (χ0n) is 12.4. The van der Waals surface area contributed by atoms with E-state index in [0.717, 1.165) is 31.7 Å². The van der Waals surface area contributed by atoms with Crippen LogP contribution in [-0.4, -0.2) is 32.0 Å². The first kappa shape index (κ1) is 15.3. The van der Waals surface area contributed by atoms with Gasteiger partial charge in [0.1, 0.15) is 0 Å². The lowest BCUT2D eigenvalue weighted by Gasteiger charge is -2.39. The van der Waals surface area contributed by atoms with Crippen molar-refractivity contribution in [1.82, 2.24) is 5.32 Å². The molecule has 112 valence electrons. The lowest BCUT2D eigenvalue weighted by atomic mass is 9.77. The van der Waals surface area contributed by atoms with E-state index < -0.39 is 9.84 Å². The second-order valence-corrected chi connectivity index (χ2v) is 8.86. The van der Waals surface area contributed by atoms with Gasteiger partial charge >= 0.3 is 0 Å². The zero-order chi connectivity index (χ0) is 13.9. The van der Waals surface area contributed by atoms with Crippen LogP contribution in [0.5, 0.6) is 0 Å². The van der Waals surface area contributed by atoms with E-state index in [4.69, 9.17) is 0 Å². The first-order chi connectivity index (χ1) is 9.04. The SMILES string of the molecule is CCNC(C1CCCC(C)C1)C1CCCCS1(=O)=O. The lowest BCUT2D eigenvalue weighted by molar-refractivity contribution is 0.213. The lowest BCUT2D eigenvalue weighted by Crippen LogP contribution is -2.51. The number of hydrogen-bond acceptors (Lipinski definition) is 3. The van der Waals surface area contributed by atoms with Crippen LogP contribution in [0.4, 0.5) is 0 Å². The largest absolute Gasteiger partial charge is 0.313 e. The van der Waals surface area contributed by atoms with Gasteiger partial charge in [0.15, 0.2) is 9.84 Å². The molecule has 2 aliphatic rings. The van der Waals surface area contributed by atoms with Gasteiger partial charge < -0.3 is 5.32 Å². The molecule has 1 N–H and O–H groups in total. The summed E-state index contributed by atoms with van der Waals surface area (Å²) in [5.74, 6) is 1.72. The average molecular weight is 287 g/mol. The topological polar surface area (TPSA) is 46.2 Å². The summed E-state index contributed by atoms with van der Waals surface area (Å²) in [7, 11) is -2.87. The predicted molar refractivity (Wildman–Crippen MR) is 80.0 cm³/mol. The van der Waals surface area contributed by atoms with E-state index >= 15 is 0 Å². The quantitative estimate of drug-likeness (QED) is 0.865. The molecule has 1 saturated carbocycles. The van der Waals surface area contributed by atoms with E-state index in [1.807, 2.05) is 0 Å². The normalized spacial score (nSPS) is 36.8. The van der Waals surface area contributed by atoms with E-state index in [0.29, 0.717) is 11.7 Å². The second-order valence-electron chi connectivity index (χ2n) is 6.52. The maximum absolute atomic E-state index is 12.4. The fourth-order valence-electron chi connectivity index (χ4n) is 4.03. The minimum Gasteiger partial charge on any atom is -0.313 e. The number of hydrogen-bond donors (Lipinski definition) is 1. The molecule has 0 aromatic heterocycles. The van der Waals surface area contributed by atoms with Gasteiger partial charge in [0.2, 0.25) is 0 Å². The van der Waals surface area contributed by atoms with E-state index in [9.17, 15) is 8.42 Å². The fourth-order valence-corrected chi connectivity index (χ4v) is 6.23. The molecule has 0 radical (unpaired) electrons. The van der Waals surface area contributed by atoms with Gasteiger partial charge in [-0.15, -0.1) is 0 Å². The van der Waals surface area contributed by atoms with Crippen LogP contribution in [-0.2, 0) is 9.84 Å². The molecule has 3 nitrogen and oxygen atoms in total. The first-order valence-corrected chi connectivity index (χ1v) is 9.71. The maximum Gasteiger partial charge on any atom is 0.154 e. The number of rotatable bonds is 4. The molecule has 19 heavy (non-hydrogen) atoms. The summed E-state index contributed by atoms with van der Waals surface area (Å²) in [4.78, 5) is 0. The van der Waals surface area contributed by atoms with Crippen molar-refractivity contribution in [1.29, 1.82) is 0 Å². The van der Waals surface area contributed by atoms with E-state index in [2.05, 4.69) is 19.2 Å². The van der Waals surface area contributed by atoms with Crippen LogP contribution >= 0.6 is 0 Å². The van der Waals surface area contributed by atoms with Crippen LogP contribution < -0.4 is 5.32 Å². The van der Waals surface area contributed by atoms with Gasteiger partial charge in [0.25, 0.3) is 0 Å². The Morgan fingerprint density at radius 1 is 1.16 bits per heavy atom. The molecule has 4 heteroatoms. The van der Waals surface area contributed by atoms with Crippen molar-refractivity contribution in [2.24, 2.45) is 11.8 Å². The highest BCUT2D eigenvalue weighted by Gasteiger charge is 2.39. The highest BCUT2D eigenvalue weighted by atomic mass is 32.2. The molecule has 4 unspecified atom stereocenters. The van der Waals surface area contributed by atoms with Crippen LogP contribution in [0.15, 0.2) is 0 Å². The number of nitrogens with one attached hydrogen (secondary N) is 1. The summed E-state index contributed by atoms with van der Waals surface area (Å²) >= 11 is 0. The van der Waals surface area contributed by atoms with E-state index in [1.165, 1.54) is 25.7 Å². The van der Waals surface area contributed by atoms with Gasteiger partial charge in [0.05, 0.1) is 11.0 Å². The van der Waals surface area contributed by atoms with Gasteiger partial charge in [-0.05, 0) is 44.1 Å². The molecular weight excluding hydrogens is 258 g/mol. The molecule has 0 aromatic rings. The third kappa shape index (κ3) is 3.72. The maximum atomic E-state index is 12.4. The predicted octanol–water partition coefficient (Wildman–Crippen LogP) is 2.76. The van der Waals surface area contributed by atoms with Crippen molar-refractivity contribution in [3.8, 4) is 0 Å². The van der Waals surface area contributed by atoms with E-state index in [1.54, 1.807) is 0 Å². The molecular formula is C15H29NO2S. The molecule has 0 amide bonds. The van der Waals surface area contributed by atoms with Crippen molar-refractivity contribution in [2.75, 3.05) is 12.3 Å². The average Bonchev–Trinajstić information content (AvgIpc) is 2.36. The molecule has 1 aliphatic carbocycles. The van der Waals surface area contributed by atoms with Crippen molar-refractivity contribution in [3.63, 3.8) is 0 Å². The van der Waals surface area contributed by atoms with Gasteiger partial charge in [0, 0.05) is 6.04 Å². The molecule has 1 heterocycles. The summed E-state index contributed by atoms with van der Waals surface area (Å²) < 4.78 is 24.8. The summed E-state index contributed by atoms with van der Waals surface area (Å²) in [6.07, 6.45) is 7.78. The monoisotopic (exact) mass is 287 g/mol. The van der Waals surface area contributed by atoms with Crippen LogP contribution in [0, 0.1) is 11.8 Å². The molecule has 0 bridgehead atoms. The summed E-state index contributed by atoms with van der Waals surface area (Å²) in [6.45, 7) is 5.28. The van der Waals surface area contributed by atoms with Gasteiger partial charge in [-0.25, -0.2) is 8.42 Å². The van der Waals surface area contributed by atoms with Crippen LogP contribution in [0.3, 0.4) is 0 Å². The Labute approximate surface area is 118 Å². The highest BCUT2D eigenvalue weighted by molar-refractivity contribution is 7.92. The molecule has 1 aliphatic heterocycles. The number of sulfone groups is 1. The Morgan fingerprint density at radius 2 is 1.95 bits per heavy atom. The van der Waals surface area contributed by atoms with Crippen LogP contribution in [0.1, 0.15) is 58.8 Å². The third-order valence-corrected chi connectivity index (χ3v) is 7.26. The minimum atomic E-state index is -2.87. The molecule has 0 spiro atoms. The highest BCUT2D eigenvalue weighted by Crippen LogP contribution is 2.35. The zero-order valence-corrected chi connectivity index (χ0v) is 13.2. The van der Waals surface area contributed by atoms with Gasteiger partial charge in [-0.3, -0.25) is 0 Å². The molecule has 0 aromatic carbocycles. The Kier molecular flexibility index (Phi) is 5.29. The third-order valence-electron chi connectivity index (χ3n) is 4.95. The van der Waals surface area contributed by atoms with Crippen molar-refractivity contribution in [2.45, 2.75) is 70.1 Å². The standard InChI is InChI=1S/C15H29NO2S/c1-3-16-15(13-8-6-7-12(2)11-13)14-9-4-5-10-19(14,17)18/h12-16H,3-11H2,1-2H3. The smallest absolute Gasteiger partial charge is 0.154 e. The van der Waals surface area contributed by atoms with Gasteiger partial charge in [-0.2, -0.15) is 0 Å². The Bertz CT molecular complexity index is 380. The summed E-state index contributed by atoms with van der Waals surface area (Å²) in [6, 6.07) is 0.193. The van der Waals surface area contributed by atoms with Crippen LogP contribution in [0.25, 0.3) is 0 Å². The summed E-state index contributed by atoms with van der Waals surface area (Å²) in [5, 5.41) is 3.39. The Hall–Kier alpha value is -0.0900. The molecule has 2 rings (SSSR count). The minimum absolute atomic E-state index is 0.128. The van der Waals surface area contributed by atoms with Crippen molar-refractivity contribution < 1.29 is 8.42 Å².